The van der Waals surface area contributed by atoms with Crippen molar-refractivity contribution in [1.29, 1.82) is 0 Å². The molecule has 9 heteroatoms. The van der Waals surface area contributed by atoms with Crippen LogP contribution in [0.2, 0.25) is 0 Å². The lowest BCUT2D eigenvalue weighted by Gasteiger charge is -2.34. The molecule has 1 saturated heterocycles. The zero-order valence-electron chi connectivity index (χ0n) is 11.5. The van der Waals surface area contributed by atoms with Crippen LogP contribution in [0.5, 0.6) is 0 Å². The SMILES string of the molecule is NC(=O)C1(CNC(=O)CCOCC(F)(F)F)CCOCC1. The van der Waals surface area contributed by atoms with Gasteiger partial charge in [0.2, 0.25) is 11.8 Å². The number of hydrogen-bond donors (Lipinski definition) is 2. The Morgan fingerprint density at radius 2 is 1.90 bits per heavy atom. The van der Waals surface area contributed by atoms with E-state index in [2.05, 4.69) is 10.1 Å². The van der Waals surface area contributed by atoms with Crippen LogP contribution < -0.4 is 11.1 Å². The smallest absolute Gasteiger partial charge is 0.381 e. The molecule has 1 aliphatic heterocycles. The third kappa shape index (κ3) is 6.30. The van der Waals surface area contributed by atoms with E-state index in [0.717, 1.165) is 0 Å². The topological polar surface area (TPSA) is 90.7 Å². The summed E-state index contributed by atoms with van der Waals surface area (Å²) < 4.78 is 44.9. The van der Waals surface area contributed by atoms with Crippen molar-refractivity contribution in [2.45, 2.75) is 25.4 Å². The minimum absolute atomic E-state index is 0.0593. The van der Waals surface area contributed by atoms with Crippen molar-refractivity contribution < 1.29 is 32.2 Å². The van der Waals surface area contributed by atoms with Crippen LogP contribution in [0.15, 0.2) is 0 Å². The Labute approximate surface area is 120 Å². The molecule has 0 aromatic carbocycles. The second-order valence-corrected chi connectivity index (χ2v) is 4.95. The summed E-state index contributed by atoms with van der Waals surface area (Å²) in [7, 11) is 0. The third-order valence-electron chi connectivity index (χ3n) is 3.34. The van der Waals surface area contributed by atoms with Crippen LogP contribution in [0, 0.1) is 5.41 Å². The highest BCUT2D eigenvalue weighted by atomic mass is 19.4. The van der Waals surface area contributed by atoms with Crippen LogP contribution in [0.4, 0.5) is 13.2 Å². The molecule has 0 saturated carbocycles. The van der Waals surface area contributed by atoms with Gasteiger partial charge in [0.05, 0.1) is 12.0 Å². The van der Waals surface area contributed by atoms with Gasteiger partial charge in [0.1, 0.15) is 6.61 Å². The number of rotatable bonds is 7. The van der Waals surface area contributed by atoms with Crippen LogP contribution in [0.1, 0.15) is 19.3 Å². The van der Waals surface area contributed by atoms with Gasteiger partial charge in [0.15, 0.2) is 0 Å². The van der Waals surface area contributed by atoms with Gasteiger partial charge in [-0.15, -0.1) is 0 Å². The summed E-state index contributed by atoms with van der Waals surface area (Å²) in [4.78, 5) is 23.0. The van der Waals surface area contributed by atoms with Gasteiger partial charge in [0, 0.05) is 26.2 Å². The maximum Gasteiger partial charge on any atom is 0.411 e. The fraction of sp³-hybridized carbons (Fsp3) is 0.833. The van der Waals surface area contributed by atoms with Gasteiger partial charge in [-0.3, -0.25) is 9.59 Å². The van der Waals surface area contributed by atoms with Crippen LogP contribution in [-0.2, 0) is 19.1 Å². The maximum atomic E-state index is 11.8. The average Bonchev–Trinajstić information content (AvgIpc) is 2.41. The lowest BCUT2D eigenvalue weighted by molar-refractivity contribution is -0.174. The lowest BCUT2D eigenvalue weighted by Crippen LogP contribution is -2.49. The van der Waals surface area contributed by atoms with E-state index in [1.54, 1.807) is 0 Å². The molecular formula is C12H19F3N2O4. The minimum Gasteiger partial charge on any atom is -0.381 e. The molecule has 122 valence electrons. The average molecular weight is 312 g/mol. The molecule has 1 fully saturated rings. The molecular weight excluding hydrogens is 293 g/mol. The highest BCUT2D eigenvalue weighted by molar-refractivity contribution is 5.82. The molecule has 0 aromatic rings. The van der Waals surface area contributed by atoms with Gasteiger partial charge in [-0.1, -0.05) is 0 Å². The summed E-state index contributed by atoms with van der Waals surface area (Å²) in [5, 5.41) is 2.52. The van der Waals surface area contributed by atoms with Crippen molar-refractivity contribution in [2.24, 2.45) is 11.1 Å². The van der Waals surface area contributed by atoms with Gasteiger partial charge in [-0.25, -0.2) is 0 Å². The molecule has 0 bridgehead atoms. The number of amides is 2. The quantitative estimate of drug-likeness (QED) is 0.664. The molecule has 0 atom stereocenters. The maximum absolute atomic E-state index is 11.8. The molecule has 0 aliphatic carbocycles. The normalized spacial score (nSPS) is 18.2. The Morgan fingerprint density at radius 1 is 1.29 bits per heavy atom. The van der Waals surface area contributed by atoms with E-state index in [1.807, 2.05) is 0 Å². The van der Waals surface area contributed by atoms with Crippen LogP contribution in [-0.4, -0.2) is 51.0 Å². The summed E-state index contributed by atoms with van der Waals surface area (Å²) in [5.74, 6) is -0.997. The van der Waals surface area contributed by atoms with E-state index < -0.39 is 30.0 Å². The van der Waals surface area contributed by atoms with Gasteiger partial charge in [0.25, 0.3) is 0 Å². The van der Waals surface area contributed by atoms with Crippen molar-refractivity contribution in [2.75, 3.05) is 33.0 Å². The number of nitrogens with one attached hydrogen (secondary N) is 1. The number of alkyl halides is 3. The van der Waals surface area contributed by atoms with Crippen LogP contribution >= 0.6 is 0 Å². The molecule has 0 radical (unpaired) electrons. The Bertz CT molecular complexity index is 368. The Hall–Kier alpha value is -1.35. The molecule has 0 unspecified atom stereocenters. The van der Waals surface area contributed by atoms with Gasteiger partial charge < -0.3 is 20.5 Å². The van der Waals surface area contributed by atoms with Crippen molar-refractivity contribution in [3.05, 3.63) is 0 Å². The number of carbonyl (C=O) groups excluding carboxylic acids is 2. The molecule has 1 rings (SSSR count). The number of primary amides is 1. The van der Waals surface area contributed by atoms with Crippen LogP contribution in [0.25, 0.3) is 0 Å². The summed E-state index contributed by atoms with van der Waals surface area (Å²) in [6.07, 6.45) is -3.80. The zero-order chi connectivity index (χ0) is 15.9. The summed E-state index contributed by atoms with van der Waals surface area (Å²) in [6.45, 7) is -0.897. The number of ether oxygens (including phenoxy) is 2. The summed E-state index contributed by atoms with van der Waals surface area (Å²) in [6, 6.07) is 0. The van der Waals surface area contributed by atoms with Crippen molar-refractivity contribution in [3.63, 3.8) is 0 Å². The second-order valence-electron chi connectivity index (χ2n) is 4.95. The highest BCUT2D eigenvalue weighted by Gasteiger charge is 2.38. The largest absolute Gasteiger partial charge is 0.411 e. The molecule has 6 nitrogen and oxygen atoms in total. The Kier molecular flexibility index (Phi) is 6.41. The molecule has 1 heterocycles. The monoisotopic (exact) mass is 312 g/mol. The van der Waals surface area contributed by atoms with Gasteiger partial charge >= 0.3 is 6.18 Å². The summed E-state index contributed by atoms with van der Waals surface area (Å²) in [5.41, 5.74) is 4.52. The molecule has 2 amide bonds. The first-order chi connectivity index (χ1) is 9.75. The predicted octanol–water partition coefficient (Wildman–Crippen LogP) is 0.354. The molecule has 1 aliphatic rings. The Balaban J connectivity index is 2.29. The van der Waals surface area contributed by atoms with Gasteiger partial charge in [-0.05, 0) is 12.8 Å². The highest BCUT2D eigenvalue weighted by Crippen LogP contribution is 2.29. The minimum atomic E-state index is -4.41. The first-order valence-electron chi connectivity index (χ1n) is 6.54. The van der Waals surface area contributed by atoms with E-state index in [-0.39, 0.29) is 19.6 Å². The second kappa shape index (κ2) is 7.60. The van der Waals surface area contributed by atoms with Gasteiger partial charge in [-0.2, -0.15) is 13.2 Å². The first kappa shape index (κ1) is 17.7. The molecule has 0 aromatic heterocycles. The van der Waals surface area contributed by atoms with E-state index >= 15 is 0 Å². The number of nitrogens with two attached hydrogens (primary N) is 1. The number of halogens is 3. The number of carbonyl (C=O) groups is 2. The van der Waals surface area contributed by atoms with Crippen molar-refractivity contribution in [1.82, 2.24) is 5.32 Å². The fourth-order valence-corrected chi connectivity index (χ4v) is 1.98. The zero-order valence-corrected chi connectivity index (χ0v) is 11.5. The Morgan fingerprint density at radius 3 is 2.43 bits per heavy atom. The standard InChI is InChI=1S/C12H19F3N2O4/c13-12(14,15)8-21-4-1-9(18)17-7-11(10(16)19)2-5-20-6-3-11/h1-8H2,(H2,16,19)(H,17,18). The molecule has 21 heavy (non-hydrogen) atoms. The van der Waals surface area contributed by atoms with E-state index in [4.69, 9.17) is 10.5 Å². The molecule has 3 N–H and O–H groups in total. The number of hydrogen-bond acceptors (Lipinski definition) is 4. The predicted molar refractivity (Wildman–Crippen MR) is 66.2 cm³/mol. The van der Waals surface area contributed by atoms with Crippen molar-refractivity contribution in [3.8, 4) is 0 Å². The lowest BCUT2D eigenvalue weighted by atomic mass is 9.79. The molecule has 0 spiro atoms. The third-order valence-corrected chi connectivity index (χ3v) is 3.34. The first-order valence-corrected chi connectivity index (χ1v) is 6.54. The van der Waals surface area contributed by atoms with E-state index in [9.17, 15) is 22.8 Å². The van der Waals surface area contributed by atoms with Crippen molar-refractivity contribution >= 4 is 11.8 Å². The summed E-state index contributed by atoms with van der Waals surface area (Å²) >= 11 is 0. The van der Waals surface area contributed by atoms with E-state index in [1.165, 1.54) is 0 Å². The van der Waals surface area contributed by atoms with E-state index in [0.29, 0.717) is 26.1 Å². The fourth-order valence-electron chi connectivity index (χ4n) is 1.98. The van der Waals surface area contributed by atoms with Crippen LogP contribution in [0.3, 0.4) is 0 Å².